The average molecular weight is 304 g/mol. The molecule has 0 bridgehead atoms. The maximum Gasteiger partial charge on any atom is 0.212 e. The minimum absolute atomic E-state index is 0.00143. The van der Waals surface area contributed by atoms with E-state index in [4.69, 9.17) is 11.6 Å². The third-order valence-corrected chi connectivity index (χ3v) is 4.82. The van der Waals surface area contributed by atoms with Crippen LogP contribution >= 0.6 is 11.6 Å². The summed E-state index contributed by atoms with van der Waals surface area (Å²) in [6.45, 7) is 2.43. The molecule has 0 heterocycles. The Morgan fingerprint density at radius 3 is 2.47 bits per heavy atom. The minimum atomic E-state index is -3.20. The van der Waals surface area contributed by atoms with Gasteiger partial charge in [0.05, 0.1) is 5.75 Å². The van der Waals surface area contributed by atoms with Gasteiger partial charge < -0.3 is 0 Å². The molecule has 0 spiro atoms. The van der Waals surface area contributed by atoms with Gasteiger partial charge in [-0.15, -0.1) is 11.6 Å². The Hall–Kier alpha value is -0.580. The van der Waals surface area contributed by atoms with Crippen molar-refractivity contribution < 1.29 is 8.42 Å². The number of nitrogens with one attached hydrogen (secondary N) is 1. The van der Waals surface area contributed by atoms with E-state index in [1.165, 1.54) is 0 Å². The minimum Gasteiger partial charge on any atom is -0.215 e. The smallest absolute Gasteiger partial charge is 0.212 e. The van der Waals surface area contributed by atoms with E-state index >= 15 is 0 Å². The van der Waals surface area contributed by atoms with E-state index in [9.17, 15) is 8.42 Å². The molecule has 1 rings (SSSR count). The van der Waals surface area contributed by atoms with Crippen molar-refractivity contribution >= 4 is 21.6 Å². The standard InChI is InChI=1S/C14H22ClNO2S/c1-13(14-8-4-2-5-9-14)12-19(17,18)16-11-7-3-6-10-15/h2,4-5,8-9,13,16H,3,6-7,10-12H2,1H3. The Balaban J connectivity index is 2.38. The monoisotopic (exact) mass is 303 g/mol. The second-order valence-electron chi connectivity index (χ2n) is 4.74. The molecule has 0 aliphatic heterocycles. The molecule has 1 unspecified atom stereocenters. The van der Waals surface area contributed by atoms with Gasteiger partial charge in [-0.25, -0.2) is 13.1 Å². The van der Waals surface area contributed by atoms with Gasteiger partial charge in [0.1, 0.15) is 0 Å². The molecule has 5 heteroatoms. The summed E-state index contributed by atoms with van der Waals surface area (Å²) in [5.41, 5.74) is 1.05. The number of benzene rings is 1. The van der Waals surface area contributed by atoms with Crippen LogP contribution in [-0.2, 0) is 10.0 Å². The molecule has 1 N–H and O–H groups in total. The highest BCUT2D eigenvalue weighted by molar-refractivity contribution is 7.89. The molecule has 0 aromatic heterocycles. The van der Waals surface area contributed by atoms with Gasteiger partial charge in [0.25, 0.3) is 0 Å². The quantitative estimate of drug-likeness (QED) is 0.563. The fourth-order valence-electron chi connectivity index (χ4n) is 1.89. The Labute approximate surface area is 121 Å². The first-order valence-electron chi connectivity index (χ1n) is 6.63. The van der Waals surface area contributed by atoms with E-state index in [-0.39, 0.29) is 11.7 Å². The highest BCUT2D eigenvalue weighted by Crippen LogP contribution is 2.16. The lowest BCUT2D eigenvalue weighted by Crippen LogP contribution is -2.29. The van der Waals surface area contributed by atoms with Gasteiger partial charge in [-0.3, -0.25) is 0 Å². The van der Waals surface area contributed by atoms with Crippen molar-refractivity contribution in [2.45, 2.75) is 32.1 Å². The summed E-state index contributed by atoms with van der Waals surface area (Å²) in [7, 11) is -3.20. The van der Waals surface area contributed by atoms with Gasteiger partial charge in [-0.2, -0.15) is 0 Å². The van der Waals surface area contributed by atoms with Crippen molar-refractivity contribution in [3.63, 3.8) is 0 Å². The fraction of sp³-hybridized carbons (Fsp3) is 0.571. The lowest BCUT2D eigenvalue weighted by molar-refractivity contribution is 0.571. The van der Waals surface area contributed by atoms with Crippen LogP contribution < -0.4 is 4.72 Å². The summed E-state index contributed by atoms with van der Waals surface area (Å²) in [6.07, 6.45) is 2.73. The maximum atomic E-state index is 11.9. The number of unbranched alkanes of at least 4 members (excludes halogenated alkanes) is 2. The molecule has 3 nitrogen and oxygen atoms in total. The lowest BCUT2D eigenvalue weighted by Gasteiger charge is -2.13. The van der Waals surface area contributed by atoms with Crippen LogP contribution in [0.15, 0.2) is 30.3 Å². The zero-order valence-corrected chi connectivity index (χ0v) is 12.9. The SMILES string of the molecule is CC(CS(=O)(=O)NCCCCCCl)c1ccccc1. The van der Waals surface area contributed by atoms with Crippen molar-refractivity contribution in [2.24, 2.45) is 0 Å². The van der Waals surface area contributed by atoms with Crippen LogP contribution in [0.1, 0.15) is 37.7 Å². The molecular weight excluding hydrogens is 282 g/mol. The normalized spacial score (nSPS) is 13.4. The van der Waals surface area contributed by atoms with Gasteiger partial charge in [-0.1, -0.05) is 43.7 Å². The zero-order chi connectivity index (χ0) is 14.1. The van der Waals surface area contributed by atoms with Crippen molar-refractivity contribution in [3.05, 3.63) is 35.9 Å². The van der Waals surface area contributed by atoms with Crippen LogP contribution in [0.5, 0.6) is 0 Å². The van der Waals surface area contributed by atoms with E-state index < -0.39 is 10.0 Å². The molecule has 0 radical (unpaired) electrons. The van der Waals surface area contributed by atoms with Crippen molar-refractivity contribution in [1.29, 1.82) is 0 Å². The number of hydrogen-bond acceptors (Lipinski definition) is 2. The largest absolute Gasteiger partial charge is 0.215 e. The van der Waals surface area contributed by atoms with E-state index in [0.717, 1.165) is 24.8 Å². The second kappa shape index (κ2) is 8.56. The third-order valence-electron chi connectivity index (χ3n) is 2.97. The highest BCUT2D eigenvalue weighted by atomic mass is 35.5. The first-order valence-corrected chi connectivity index (χ1v) is 8.82. The first-order chi connectivity index (χ1) is 9.05. The van der Waals surface area contributed by atoms with E-state index in [1.54, 1.807) is 0 Å². The van der Waals surface area contributed by atoms with Gasteiger partial charge in [0.15, 0.2) is 0 Å². The molecule has 0 amide bonds. The van der Waals surface area contributed by atoms with Gasteiger partial charge in [-0.05, 0) is 24.3 Å². The molecule has 0 saturated heterocycles. The number of halogens is 1. The summed E-state index contributed by atoms with van der Waals surface area (Å²) in [4.78, 5) is 0. The van der Waals surface area contributed by atoms with Crippen LogP contribution in [0.3, 0.4) is 0 Å². The summed E-state index contributed by atoms with van der Waals surface area (Å²) < 4.78 is 26.5. The Morgan fingerprint density at radius 1 is 1.16 bits per heavy atom. The summed E-state index contributed by atoms with van der Waals surface area (Å²) in [5.74, 6) is 0.770. The molecule has 1 aromatic rings. The second-order valence-corrected chi connectivity index (χ2v) is 6.97. The van der Waals surface area contributed by atoms with E-state index in [1.807, 2.05) is 37.3 Å². The number of hydrogen-bond donors (Lipinski definition) is 1. The molecule has 0 aliphatic rings. The summed E-state index contributed by atoms with van der Waals surface area (Å²) in [6, 6.07) is 9.71. The van der Waals surface area contributed by atoms with Gasteiger partial charge in [0.2, 0.25) is 10.0 Å². The molecule has 0 fully saturated rings. The molecule has 108 valence electrons. The molecule has 1 atom stereocenters. The third kappa shape index (κ3) is 6.95. The highest BCUT2D eigenvalue weighted by Gasteiger charge is 2.16. The molecular formula is C14H22ClNO2S. The van der Waals surface area contributed by atoms with Gasteiger partial charge in [0, 0.05) is 12.4 Å². The molecule has 0 saturated carbocycles. The topological polar surface area (TPSA) is 46.2 Å². The number of sulfonamides is 1. The van der Waals surface area contributed by atoms with Crippen molar-refractivity contribution in [3.8, 4) is 0 Å². The number of alkyl halides is 1. The van der Waals surface area contributed by atoms with Crippen LogP contribution in [0.2, 0.25) is 0 Å². The Morgan fingerprint density at radius 2 is 1.84 bits per heavy atom. The van der Waals surface area contributed by atoms with Crippen LogP contribution in [0.25, 0.3) is 0 Å². The average Bonchev–Trinajstić information content (AvgIpc) is 2.39. The van der Waals surface area contributed by atoms with Crippen molar-refractivity contribution in [2.75, 3.05) is 18.2 Å². The van der Waals surface area contributed by atoms with Crippen LogP contribution in [-0.4, -0.2) is 26.6 Å². The number of rotatable bonds is 9. The maximum absolute atomic E-state index is 11.9. The molecule has 1 aromatic carbocycles. The van der Waals surface area contributed by atoms with Crippen LogP contribution in [0, 0.1) is 0 Å². The van der Waals surface area contributed by atoms with Gasteiger partial charge >= 0.3 is 0 Å². The predicted octanol–water partition coefficient (Wildman–Crippen LogP) is 3.12. The summed E-state index contributed by atoms with van der Waals surface area (Å²) in [5, 5.41) is 0. The van der Waals surface area contributed by atoms with Crippen molar-refractivity contribution in [1.82, 2.24) is 4.72 Å². The molecule has 19 heavy (non-hydrogen) atoms. The Bertz CT molecular complexity index is 448. The van der Waals surface area contributed by atoms with E-state index in [0.29, 0.717) is 12.4 Å². The predicted molar refractivity (Wildman–Crippen MR) is 81.2 cm³/mol. The van der Waals surface area contributed by atoms with E-state index in [2.05, 4.69) is 4.72 Å². The molecule has 0 aliphatic carbocycles. The lowest BCUT2D eigenvalue weighted by atomic mass is 10.0. The zero-order valence-electron chi connectivity index (χ0n) is 11.3. The summed E-state index contributed by atoms with van der Waals surface area (Å²) >= 11 is 5.57. The van der Waals surface area contributed by atoms with Crippen LogP contribution in [0.4, 0.5) is 0 Å². The first kappa shape index (κ1) is 16.5. The Kier molecular flexibility index (Phi) is 7.42. The fourth-order valence-corrected chi connectivity index (χ4v) is 3.50.